The van der Waals surface area contributed by atoms with Crippen LogP contribution in [0.4, 0.5) is 22.7 Å². The third-order valence-corrected chi connectivity index (χ3v) is 11.1. The van der Waals surface area contributed by atoms with Gasteiger partial charge in [0.1, 0.15) is 0 Å². The molecule has 3 atom stereocenters. The number of fused-ring (bicyclic) bond motifs is 6. The molecule has 6 aromatic carbocycles. The monoisotopic (exact) mass is 665 g/mol. The summed E-state index contributed by atoms with van der Waals surface area (Å²) < 4.78 is 0. The molecule has 0 amide bonds. The molecule has 0 aromatic heterocycles. The molecule has 2 heterocycles. The zero-order valence-electron chi connectivity index (χ0n) is 28.6. The Labute approximate surface area is 305 Å². The van der Waals surface area contributed by atoms with Crippen LogP contribution in [0.3, 0.4) is 0 Å². The van der Waals surface area contributed by atoms with Gasteiger partial charge < -0.3 is 9.80 Å². The van der Waals surface area contributed by atoms with Crippen LogP contribution in [0.1, 0.15) is 34.9 Å². The molecule has 2 aliphatic heterocycles. The molecule has 4 aliphatic rings. The van der Waals surface area contributed by atoms with Crippen LogP contribution in [0.25, 0.3) is 22.3 Å². The molecule has 0 bridgehead atoms. The minimum Gasteiger partial charge on any atom is -0.333 e. The zero-order valence-corrected chi connectivity index (χ0v) is 28.6. The van der Waals surface area contributed by atoms with Crippen LogP contribution in [-0.2, 0) is 0 Å². The second-order valence-electron chi connectivity index (χ2n) is 14.0. The molecule has 0 N–H and O–H groups in total. The van der Waals surface area contributed by atoms with Gasteiger partial charge in [0.2, 0.25) is 0 Å². The molecule has 0 saturated carbocycles. The van der Waals surface area contributed by atoms with E-state index in [2.05, 4.69) is 180 Å². The van der Waals surface area contributed by atoms with Crippen LogP contribution in [0, 0.1) is 11.3 Å². The third-order valence-electron chi connectivity index (χ3n) is 11.1. The maximum absolute atomic E-state index is 9.71. The van der Waals surface area contributed by atoms with Gasteiger partial charge >= 0.3 is 0 Å². The minimum atomic E-state index is 0.139. The topological polar surface area (TPSA) is 30.3 Å². The van der Waals surface area contributed by atoms with Crippen molar-refractivity contribution < 1.29 is 0 Å². The summed E-state index contributed by atoms with van der Waals surface area (Å²) in [5.41, 5.74) is 16.7. The Balaban J connectivity index is 1.06. The van der Waals surface area contributed by atoms with E-state index in [-0.39, 0.29) is 17.9 Å². The van der Waals surface area contributed by atoms with Gasteiger partial charge in [-0.05, 0) is 87.9 Å². The minimum absolute atomic E-state index is 0.139. The number of anilines is 4. The van der Waals surface area contributed by atoms with E-state index in [1.54, 1.807) is 0 Å². The van der Waals surface area contributed by atoms with Crippen molar-refractivity contribution in [1.82, 2.24) is 0 Å². The molecule has 246 valence electrons. The zero-order chi connectivity index (χ0) is 34.6. The Hall–Kier alpha value is -6.63. The first-order valence-electron chi connectivity index (χ1n) is 18.1. The fourth-order valence-corrected chi connectivity index (χ4v) is 8.75. The molecule has 0 fully saturated rings. The van der Waals surface area contributed by atoms with Gasteiger partial charge in [-0.3, -0.25) is 0 Å². The van der Waals surface area contributed by atoms with Gasteiger partial charge in [0.05, 0.1) is 23.4 Å². The molecular weight excluding hydrogens is 631 g/mol. The summed E-state index contributed by atoms with van der Waals surface area (Å²) in [6.07, 6.45) is 13.0. The van der Waals surface area contributed by atoms with E-state index < -0.39 is 0 Å². The van der Waals surface area contributed by atoms with Crippen LogP contribution in [0.15, 0.2) is 199 Å². The van der Waals surface area contributed by atoms with Gasteiger partial charge in [-0.15, -0.1) is 0 Å². The summed E-state index contributed by atoms with van der Waals surface area (Å²) in [6.45, 7) is 0. The fraction of sp³-hybridized carbons (Fsp3) is 0.0816. The number of hydrogen-bond donors (Lipinski definition) is 0. The molecule has 2 aliphatic carbocycles. The highest BCUT2D eigenvalue weighted by molar-refractivity contribution is 5.89. The quantitative estimate of drug-likeness (QED) is 0.184. The van der Waals surface area contributed by atoms with Crippen LogP contribution in [-0.4, -0.2) is 6.04 Å². The fourth-order valence-electron chi connectivity index (χ4n) is 8.75. The Kier molecular flexibility index (Phi) is 7.15. The highest BCUT2D eigenvalue weighted by Crippen LogP contribution is 2.54. The van der Waals surface area contributed by atoms with Crippen molar-refractivity contribution in [1.29, 1.82) is 5.26 Å². The lowest BCUT2D eigenvalue weighted by Crippen LogP contribution is -2.29. The van der Waals surface area contributed by atoms with Gasteiger partial charge in [-0.2, -0.15) is 5.26 Å². The second-order valence-corrected chi connectivity index (χ2v) is 14.0. The molecule has 10 rings (SSSR count). The molecule has 6 aromatic rings. The molecule has 52 heavy (non-hydrogen) atoms. The van der Waals surface area contributed by atoms with Crippen molar-refractivity contribution in [2.45, 2.75) is 24.3 Å². The number of para-hydroxylation sites is 2. The Morgan fingerprint density at radius 1 is 0.596 bits per heavy atom. The lowest BCUT2D eigenvalue weighted by molar-refractivity contribution is 0.739. The second kappa shape index (κ2) is 12.3. The van der Waals surface area contributed by atoms with Gasteiger partial charge in [-0.1, -0.05) is 140 Å². The average Bonchev–Trinajstić information content (AvgIpc) is 3.73. The average molecular weight is 666 g/mol. The predicted octanol–water partition coefficient (Wildman–Crippen LogP) is 12.1. The normalized spacial score (nSPS) is 19.4. The highest BCUT2D eigenvalue weighted by atomic mass is 15.2. The summed E-state index contributed by atoms with van der Waals surface area (Å²) in [4.78, 5) is 4.93. The van der Waals surface area contributed by atoms with Gasteiger partial charge in [0.15, 0.2) is 0 Å². The number of hydrogen-bond acceptors (Lipinski definition) is 3. The van der Waals surface area contributed by atoms with Crippen LogP contribution in [0.5, 0.6) is 0 Å². The Bertz CT molecular complexity index is 2530. The third kappa shape index (κ3) is 4.88. The van der Waals surface area contributed by atoms with Crippen molar-refractivity contribution in [2.24, 2.45) is 0 Å². The van der Waals surface area contributed by atoms with Gasteiger partial charge in [0, 0.05) is 40.2 Å². The van der Waals surface area contributed by atoms with E-state index in [0.29, 0.717) is 5.56 Å². The first-order chi connectivity index (χ1) is 25.7. The van der Waals surface area contributed by atoms with E-state index in [9.17, 15) is 5.26 Å². The lowest BCUT2D eigenvalue weighted by Gasteiger charge is -2.32. The van der Waals surface area contributed by atoms with Crippen LogP contribution < -0.4 is 9.80 Å². The lowest BCUT2D eigenvalue weighted by atomic mass is 9.82. The van der Waals surface area contributed by atoms with Crippen molar-refractivity contribution in [3.63, 3.8) is 0 Å². The molecule has 0 radical (unpaired) electrons. The Morgan fingerprint density at radius 2 is 1.33 bits per heavy atom. The van der Waals surface area contributed by atoms with Gasteiger partial charge in [0.25, 0.3) is 0 Å². The van der Waals surface area contributed by atoms with Crippen LogP contribution >= 0.6 is 0 Å². The predicted molar refractivity (Wildman–Crippen MR) is 213 cm³/mol. The van der Waals surface area contributed by atoms with Crippen molar-refractivity contribution in [2.75, 3.05) is 9.80 Å². The summed E-state index contributed by atoms with van der Waals surface area (Å²) in [7, 11) is 0. The van der Waals surface area contributed by atoms with Crippen molar-refractivity contribution in [3.05, 3.63) is 216 Å². The maximum atomic E-state index is 9.71. The highest BCUT2D eigenvalue weighted by Gasteiger charge is 2.40. The maximum Gasteiger partial charge on any atom is 0.0992 e. The number of rotatable bonds is 5. The van der Waals surface area contributed by atoms with E-state index in [1.807, 2.05) is 18.2 Å². The summed E-state index contributed by atoms with van der Waals surface area (Å²) in [5.74, 6) is 0.476. The molecule has 0 saturated heterocycles. The van der Waals surface area contributed by atoms with E-state index in [1.165, 1.54) is 67.3 Å². The standard InChI is InChI=1S/C49H35N3/c50-32-33-12-11-17-39(28-33)51-45-20-9-7-18-41(45)43-26-23-38(31-49(43)51)36-24-27-47-44(29-36)42-19-8-10-21-46(42)52(47)48-30-37(34-13-3-1-4-14-34)22-25-40(48)35-15-5-2-6-16-35/h1-25,27-31,43-44,47H,26H2. The first-order valence-corrected chi connectivity index (χ1v) is 18.1. The molecule has 3 nitrogen and oxygen atoms in total. The summed E-state index contributed by atoms with van der Waals surface area (Å²) in [5, 5.41) is 9.71. The Morgan fingerprint density at radius 3 is 2.13 bits per heavy atom. The van der Waals surface area contributed by atoms with Crippen LogP contribution in [0.2, 0.25) is 0 Å². The van der Waals surface area contributed by atoms with Gasteiger partial charge in [-0.25, -0.2) is 0 Å². The molecule has 0 spiro atoms. The van der Waals surface area contributed by atoms with E-state index in [0.717, 1.165) is 12.1 Å². The number of nitriles is 1. The van der Waals surface area contributed by atoms with Crippen molar-refractivity contribution in [3.8, 4) is 28.3 Å². The smallest absolute Gasteiger partial charge is 0.0992 e. The molecule has 3 unspecified atom stereocenters. The molecule has 3 heteroatoms. The summed E-state index contributed by atoms with van der Waals surface area (Å²) in [6, 6.07) is 56.5. The first kappa shape index (κ1) is 30.2. The number of nitrogens with zero attached hydrogens (tertiary/aromatic N) is 3. The number of benzene rings is 6. The van der Waals surface area contributed by atoms with Crippen molar-refractivity contribution >= 4 is 22.7 Å². The summed E-state index contributed by atoms with van der Waals surface area (Å²) >= 11 is 0. The SMILES string of the molecule is N#Cc1cccc(N2C3=CC(C4=CC5c6ccccc6N(c6cc(-c7ccccc7)ccc6-c6ccccc6)C5C=C4)=CCC3c3ccccc32)c1. The largest absolute Gasteiger partial charge is 0.333 e. The van der Waals surface area contributed by atoms with E-state index >= 15 is 0 Å². The molecular formula is C49H35N3. The van der Waals surface area contributed by atoms with E-state index in [4.69, 9.17) is 0 Å². The number of allylic oxidation sites excluding steroid dienone is 6.